The van der Waals surface area contributed by atoms with Crippen LogP contribution in [0.15, 0.2) is 0 Å². The SMILES string of the molecule is CC(NC(=O)c1nn(C2CCCCC2)c2c1CC(CO)CC2)C12CC3CC(CC(C3)C1)C2.CCOC(=O)C1CCc2c(c(C(=O)NC(C)C34CC5CC(CC(C5)C3)C4)nn2C2CCCCC2)C1.[B].[H-].[Li+]. The van der Waals surface area contributed by atoms with Crippen LogP contribution in [-0.4, -0.2) is 76.2 Å². The minimum atomic E-state index is -0.168. The van der Waals surface area contributed by atoms with Crippen LogP contribution in [0.3, 0.4) is 0 Å². The van der Waals surface area contributed by atoms with Crippen molar-refractivity contribution < 1.29 is 44.5 Å². The van der Waals surface area contributed by atoms with Gasteiger partial charge in [-0.2, -0.15) is 10.2 Å². The Kier molecular flexibility index (Phi) is 15.7. The van der Waals surface area contributed by atoms with E-state index in [2.05, 4.69) is 33.8 Å². The first-order chi connectivity index (χ1) is 32.5. The van der Waals surface area contributed by atoms with Gasteiger partial charge in [-0.3, -0.25) is 23.7 Å². The van der Waals surface area contributed by atoms with Gasteiger partial charge in [-0.1, -0.05) is 38.5 Å². The molecule has 11 nitrogen and oxygen atoms in total. The quantitative estimate of drug-likeness (QED) is 0.164. The Morgan fingerprint density at radius 3 is 1.42 bits per heavy atom. The second kappa shape index (κ2) is 21.1. The third kappa shape index (κ3) is 9.99. The molecule has 14 rings (SSSR count). The number of fused-ring (bicyclic) bond motifs is 2. The maximum absolute atomic E-state index is 13.8. The number of amides is 2. The van der Waals surface area contributed by atoms with Crippen LogP contribution >= 0.6 is 0 Å². The van der Waals surface area contributed by atoms with Crippen molar-refractivity contribution in [2.45, 2.75) is 225 Å². The van der Waals surface area contributed by atoms with Crippen LogP contribution in [0, 0.1) is 58.2 Å². The van der Waals surface area contributed by atoms with Gasteiger partial charge in [0, 0.05) is 49.6 Å². The molecule has 12 aliphatic rings. The number of aromatic nitrogens is 4. The fourth-order valence-corrected chi connectivity index (χ4v) is 17.8. The molecule has 3 radical (unpaired) electrons. The second-order valence-electron chi connectivity index (χ2n) is 25.0. The minimum absolute atomic E-state index is 0. The summed E-state index contributed by atoms with van der Waals surface area (Å²) in [6.45, 7) is 6.99. The molecule has 2 aromatic rings. The molecule has 2 heterocycles. The molecule has 12 aliphatic carbocycles. The first-order valence-electron chi connectivity index (χ1n) is 28.1. The maximum Gasteiger partial charge on any atom is 1.00 e. The summed E-state index contributed by atoms with van der Waals surface area (Å²) in [5, 5.41) is 26.8. The topological polar surface area (TPSA) is 140 Å². The summed E-state index contributed by atoms with van der Waals surface area (Å²) < 4.78 is 9.79. The zero-order valence-corrected chi connectivity index (χ0v) is 43.1. The van der Waals surface area contributed by atoms with Gasteiger partial charge in [0.1, 0.15) is 0 Å². The van der Waals surface area contributed by atoms with Gasteiger partial charge in [0.2, 0.25) is 0 Å². The third-order valence-electron chi connectivity index (χ3n) is 20.6. The van der Waals surface area contributed by atoms with Crippen molar-refractivity contribution in [3.8, 4) is 0 Å². The molecule has 0 spiro atoms. The van der Waals surface area contributed by atoms with Crippen LogP contribution < -0.4 is 29.5 Å². The van der Waals surface area contributed by atoms with Crippen molar-refractivity contribution >= 4 is 26.2 Å². The molecule has 2 aromatic heterocycles. The normalized spacial score (nSPS) is 35.0. The van der Waals surface area contributed by atoms with Crippen molar-refractivity contribution in [2.24, 2.45) is 58.2 Å². The Balaban J connectivity index is 0.000000181. The maximum atomic E-state index is 13.8. The molecule has 10 saturated carbocycles. The number of aliphatic hydroxyl groups is 1. The third-order valence-corrected chi connectivity index (χ3v) is 20.6. The molecule has 4 atom stereocenters. The molecule has 8 bridgehead atoms. The first kappa shape index (κ1) is 51.4. The fraction of sp³-hybridized carbons (Fsp3) is 0.839. The molecule has 2 amide bonds. The van der Waals surface area contributed by atoms with Crippen LogP contribution in [-0.2, 0) is 35.2 Å². The van der Waals surface area contributed by atoms with Crippen LogP contribution in [0.1, 0.15) is 232 Å². The summed E-state index contributed by atoms with van der Waals surface area (Å²) in [5.41, 5.74) is 6.45. The number of hydrogen-bond acceptors (Lipinski definition) is 7. The van der Waals surface area contributed by atoms with E-state index in [0.29, 0.717) is 41.9 Å². The molecule has 373 valence electrons. The number of nitrogens with one attached hydrogen (secondary N) is 2. The average Bonchev–Trinajstić information content (AvgIpc) is 3.90. The molecule has 0 aromatic carbocycles. The van der Waals surface area contributed by atoms with Crippen LogP contribution in [0.4, 0.5) is 0 Å². The van der Waals surface area contributed by atoms with Gasteiger partial charge in [-0.05, 0) is 214 Å². The summed E-state index contributed by atoms with van der Waals surface area (Å²) in [5.74, 6) is 5.26. The molecule has 0 aliphatic heterocycles. The van der Waals surface area contributed by atoms with Gasteiger partial charge < -0.3 is 21.9 Å². The van der Waals surface area contributed by atoms with Crippen LogP contribution in [0.25, 0.3) is 0 Å². The van der Waals surface area contributed by atoms with Crippen molar-refractivity contribution in [1.82, 2.24) is 30.2 Å². The monoisotopic (exact) mass is 940 g/mol. The predicted octanol–water partition coefficient (Wildman–Crippen LogP) is 6.95. The first-order valence-corrected chi connectivity index (χ1v) is 28.1. The number of nitrogens with zero attached hydrogens (tertiary/aromatic N) is 4. The molecular weight excluding hydrogens is 854 g/mol. The van der Waals surface area contributed by atoms with E-state index in [9.17, 15) is 19.5 Å². The van der Waals surface area contributed by atoms with Gasteiger partial charge >= 0.3 is 24.8 Å². The Morgan fingerprint density at radius 2 is 1.03 bits per heavy atom. The average molecular weight is 940 g/mol. The van der Waals surface area contributed by atoms with E-state index < -0.39 is 0 Å². The van der Waals surface area contributed by atoms with E-state index in [4.69, 9.17) is 14.9 Å². The zero-order chi connectivity index (χ0) is 46.0. The van der Waals surface area contributed by atoms with Gasteiger partial charge in [0.05, 0.1) is 24.6 Å². The van der Waals surface area contributed by atoms with E-state index in [1.165, 1.54) is 140 Å². The number of esters is 1. The smallest absolute Gasteiger partial charge is 1.00 e. The van der Waals surface area contributed by atoms with Crippen LogP contribution in [0.5, 0.6) is 0 Å². The summed E-state index contributed by atoms with van der Waals surface area (Å²) >= 11 is 0. The summed E-state index contributed by atoms with van der Waals surface area (Å²) in [6.07, 6.45) is 33.5. The van der Waals surface area contributed by atoms with E-state index in [1.807, 2.05) is 6.92 Å². The summed E-state index contributed by atoms with van der Waals surface area (Å²) in [6, 6.07) is 1.23. The Bertz CT molecular complexity index is 2090. The predicted molar refractivity (Wildman–Crippen MR) is 265 cm³/mol. The van der Waals surface area contributed by atoms with Crippen molar-refractivity contribution in [2.75, 3.05) is 13.2 Å². The van der Waals surface area contributed by atoms with E-state index in [1.54, 1.807) is 0 Å². The Labute approximate surface area is 428 Å². The van der Waals surface area contributed by atoms with Gasteiger partial charge in [0.25, 0.3) is 11.8 Å². The van der Waals surface area contributed by atoms with E-state index in [0.717, 1.165) is 91.6 Å². The van der Waals surface area contributed by atoms with Gasteiger partial charge in [-0.15, -0.1) is 0 Å². The fourth-order valence-electron chi connectivity index (χ4n) is 17.8. The van der Waals surface area contributed by atoms with Crippen molar-refractivity contribution in [1.29, 1.82) is 0 Å². The number of ether oxygens (including phenoxy) is 1. The molecule has 69 heavy (non-hydrogen) atoms. The molecule has 10 fully saturated rings. The summed E-state index contributed by atoms with van der Waals surface area (Å²) in [4.78, 5) is 40.1. The standard InChI is InChI=1S/C29H43N3O3.C27H41N3O2.B.Li.H/c1-3-35-28(34)22-9-10-25-24(14-22)26(31-32(25)23-7-5-4-6-8-23)27(33)30-18(2)29-15-19-11-20(16-29)13-21(12-19)17-29;1-17(27-13-19-9-20(14-27)11-21(10-19)15-27)28-26(32)25-23-12-18(16-31)7-8-24(23)30(29-25)22-5-3-2-4-6-22;;;/h18-23H,3-17H2,1-2H3,(H,30,33);17-22,31H,2-16H2,1H3,(H,28,32);;;/q;;;+1;-1. The molecule has 0 saturated heterocycles. The van der Waals surface area contributed by atoms with Crippen molar-refractivity contribution in [3.05, 3.63) is 33.9 Å². The molecular formula is C56H85BLiN6O5. The Morgan fingerprint density at radius 1 is 0.638 bits per heavy atom. The van der Waals surface area contributed by atoms with E-state index >= 15 is 0 Å². The number of rotatable bonds is 11. The largest absolute Gasteiger partial charge is 1.00 e. The Hall–Kier alpha value is -2.55. The van der Waals surface area contributed by atoms with Crippen LogP contribution in [0.2, 0.25) is 0 Å². The number of carbonyl (C=O) groups excluding carboxylic acids is 3. The van der Waals surface area contributed by atoms with E-state index in [-0.39, 0.29) is 82.4 Å². The molecule has 13 heteroatoms. The zero-order valence-electron chi connectivity index (χ0n) is 44.1. The number of carbonyl (C=O) groups is 3. The van der Waals surface area contributed by atoms with Crippen molar-refractivity contribution in [3.63, 3.8) is 0 Å². The molecule has 3 N–H and O–H groups in total. The molecule has 4 unspecified atom stereocenters. The second-order valence-corrected chi connectivity index (χ2v) is 25.0. The number of hydrogen-bond donors (Lipinski definition) is 3. The number of aliphatic hydroxyl groups excluding tert-OH is 1. The van der Waals surface area contributed by atoms with Gasteiger partial charge in [-0.25, -0.2) is 0 Å². The minimum Gasteiger partial charge on any atom is -1.00 e. The van der Waals surface area contributed by atoms with Gasteiger partial charge in [0.15, 0.2) is 11.4 Å². The summed E-state index contributed by atoms with van der Waals surface area (Å²) in [7, 11) is 0.